The standard InChI is InChI=1S/C20H37N3O2/c1-16(2)20(25)23-14-10-17(11-15-23)19(24)21-12-7-13-22(3)18-8-5-4-6-9-18/h16-18H,4-15H2,1-3H3,(H,21,24). The number of rotatable bonds is 7. The van der Waals surface area contributed by atoms with Crippen molar-refractivity contribution in [1.82, 2.24) is 15.1 Å². The molecule has 1 heterocycles. The van der Waals surface area contributed by atoms with Gasteiger partial charge in [0.1, 0.15) is 0 Å². The Labute approximate surface area is 153 Å². The highest BCUT2D eigenvalue weighted by molar-refractivity contribution is 5.80. The predicted molar refractivity (Wildman–Crippen MR) is 101 cm³/mol. The maximum Gasteiger partial charge on any atom is 0.225 e. The molecule has 0 radical (unpaired) electrons. The lowest BCUT2D eigenvalue weighted by Crippen LogP contribution is -2.44. The number of amides is 2. The molecule has 25 heavy (non-hydrogen) atoms. The molecule has 0 aromatic rings. The van der Waals surface area contributed by atoms with Gasteiger partial charge in [-0.2, -0.15) is 0 Å². The number of carbonyl (C=O) groups is 2. The van der Waals surface area contributed by atoms with E-state index in [1.807, 2.05) is 18.7 Å². The summed E-state index contributed by atoms with van der Waals surface area (Å²) in [4.78, 5) is 28.7. The van der Waals surface area contributed by atoms with Gasteiger partial charge in [0.25, 0.3) is 0 Å². The summed E-state index contributed by atoms with van der Waals surface area (Å²) in [6, 6.07) is 0.743. The van der Waals surface area contributed by atoms with Gasteiger partial charge in [0.2, 0.25) is 11.8 Å². The van der Waals surface area contributed by atoms with Gasteiger partial charge < -0.3 is 15.1 Å². The number of nitrogens with zero attached hydrogens (tertiary/aromatic N) is 2. The first-order chi connectivity index (χ1) is 12.0. The molecule has 2 fully saturated rings. The van der Waals surface area contributed by atoms with Crippen LogP contribution in [0.4, 0.5) is 0 Å². The van der Waals surface area contributed by atoms with Crippen molar-refractivity contribution in [2.24, 2.45) is 11.8 Å². The predicted octanol–water partition coefficient (Wildman–Crippen LogP) is 2.65. The molecule has 1 aliphatic carbocycles. The van der Waals surface area contributed by atoms with Crippen LogP contribution in [0.5, 0.6) is 0 Å². The zero-order valence-corrected chi connectivity index (χ0v) is 16.4. The molecule has 1 N–H and O–H groups in total. The maximum atomic E-state index is 12.3. The van der Waals surface area contributed by atoms with Crippen molar-refractivity contribution < 1.29 is 9.59 Å². The molecule has 0 aromatic carbocycles. The monoisotopic (exact) mass is 351 g/mol. The third-order valence-electron chi connectivity index (χ3n) is 5.86. The van der Waals surface area contributed by atoms with Crippen LogP contribution in [0.3, 0.4) is 0 Å². The van der Waals surface area contributed by atoms with Crippen LogP contribution >= 0.6 is 0 Å². The highest BCUT2D eigenvalue weighted by Crippen LogP contribution is 2.22. The minimum atomic E-state index is 0.0477. The molecule has 2 aliphatic rings. The Morgan fingerprint density at radius 2 is 1.72 bits per heavy atom. The lowest BCUT2D eigenvalue weighted by molar-refractivity contribution is -0.138. The molecule has 144 valence electrons. The first-order valence-corrected chi connectivity index (χ1v) is 10.3. The SMILES string of the molecule is CC(C)C(=O)N1CCC(C(=O)NCCCN(C)C2CCCCC2)CC1. The van der Waals surface area contributed by atoms with Crippen LogP contribution in [-0.2, 0) is 9.59 Å². The molecular formula is C20H37N3O2. The smallest absolute Gasteiger partial charge is 0.225 e. The van der Waals surface area contributed by atoms with Crippen molar-refractivity contribution in [3.05, 3.63) is 0 Å². The van der Waals surface area contributed by atoms with Gasteiger partial charge in [-0.3, -0.25) is 9.59 Å². The van der Waals surface area contributed by atoms with E-state index in [0.717, 1.165) is 51.5 Å². The Kier molecular flexibility index (Phi) is 8.20. The Hall–Kier alpha value is -1.10. The number of hydrogen-bond acceptors (Lipinski definition) is 3. The van der Waals surface area contributed by atoms with Crippen LogP contribution in [0, 0.1) is 11.8 Å². The zero-order valence-electron chi connectivity index (χ0n) is 16.4. The van der Waals surface area contributed by atoms with Crippen molar-refractivity contribution in [3.63, 3.8) is 0 Å². The number of nitrogens with one attached hydrogen (secondary N) is 1. The van der Waals surface area contributed by atoms with Gasteiger partial charge in [-0.25, -0.2) is 0 Å². The number of hydrogen-bond donors (Lipinski definition) is 1. The molecule has 1 saturated carbocycles. The fraction of sp³-hybridized carbons (Fsp3) is 0.900. The van der Waals surface area contributed by atoms with E-state index in [1.54, 1.807) is 0 Å². The van der Waals surface area contributed by atoms with Crippen molar-refractivity contribution in [1.29, 1.82) is 0 Å². The van der Waals surface area contributed by atoms with Gasteiger partial charge in [0, 0.05) is 37.5 Å². The first kappa shape index (κ1) is 20.2. The highest BCUT2D eigenvalue weighted by Gasteiger charge is 2.28. The van der Waals surface area contributed by atoms with E-state index in [1.165, 1.54) is 32.1 Å². The lowest BCUT2D eigenvalue weighted by atomic mass is 9.94. The summed E-state index contributed by atoms with van der Waals surface area (Å²) in [5.41, 5.74) is 0. The van der Waals surface area contributed by atoms with Gasteiger partial charge >= 0.3 is 0 Å². The van der Waals surface area contributed by atoms with E-state index in [9.17, 15) is 9.59 Å². The molecule has 2 rings (SSSR count). The molecular weight excluding hydrogens is 314 g/mol. The zero-order chi connectivity index (χ0) is 18.2. The van der Waals surface area contributed by atoms with E-state index < -0.39 is 0 Å². The first-order valence-electron chi connectivity index (χ1n) is 10.3. The summed E-state index contributed by atoms with van der Waals surface area (Å²) in [6.07, 6.45) is 9.39. The molecule has 0 spiro atoms. The molecule has 0 atom stereocenters. The summed E-state index contributed by atoms with van der Waals surface area (Å²) in [5, 5.41) is 3.11. The Bertz CT molecular complexity index is 425. The number of likely N-dealkylation sites (tertiary alicyclic amines) is 1. The molecule has 1 aliphatic heterocycles. The van der Waals surface area contributed by atoms with Crippen LogP contribution < -0.4 is 5.32 Å². The maximum absolute atomic E-state index is 12.3. The van der Waals surface area contributed by atoms with Gasteiger partial charge in [-0.1, -0.05) is 33.1 Å². The average Bonchev–Trinajstić information content (AvgIpc) is 2.65. The molecule has 0 aromatic heterocycles. The van der Waals surface area contributed by atoms with Crippen LogP contribution in [0.15, 0.2) is 0 Å². The van der Waals surface area contributed by atoms with Gasteiger partial charge in [0.05, 0.1) is 0 Å². The summed E-state index contributed by atoms with van der Waals surface area (Å²) < 4.78 is 0. The third kappa shape index (κ3) is 6.28. The number of piperidine rings is 1. The Balaban J connectivity index is 1.59. The van der Waals surface area contributed by atoms with E-state index >= 15 is 0 Å². The van der Waals surface area contributed by atoms with Crippen molar-refractivity contribution in [2.45, 2.75) is 71.3 Å². The highest BCUT2D eigenvalue weighted by atomic mass is 16.2. The number of carbonyl (C=O) groups excluding carboxylic acids is 2. The summed E-state index contributed by atoms with van der Waals surface area (Å²) in [6.45, 7) is 7.14. The second-order valence-electron chi connectivity index (χ2n) is 8.17. The fourth-order valence-electron chi connectivity index (χ4n) is 4.12. The van der Waals surface area contributed by atoms with Crippen molar-refractivity contribution in [2.75, 3.05) is 33.2 Å². The van der Waals surface area contributed by atoms with Gasteiger partial charge in [0.15, 0.2) is 0 Å². The van der Waals surface area contributed by atoms with Gasteiger partial charge in [-0.15, -0.1) is 0 Å². The van der Waals surface area contributed by atoms with E-state index in [0.29, 0.717) is 0 Å². The largest absolute Gasteiger partial charge is 0.356 e. The second-order valence-corrected chi connectivity index (χ2v) is 8.17. The minimum absolute atomic E-state index is 0.0477. The molecule has 0 unspecified atom stereocenters. The van der Waals surface area contributed by atoms with Crippen LogP contribution in [0.1, 0.15) is 65.2 Å². The van der Waals surface area contributed by atoms with Crippen LogP contribution in [-0.4, -0.2) is 60.9 Å². The average molecular weight is 352 g/mol. The summed E-state index contributed by atoms with van der Waals surface area (Å²) >= 11 is 0. The van der Waals surface area contributed by atoms with E-state index in [2.05, 4.69) is 17.3 Å². The second kappa shape index (κ2) is 10.1. The Morgan fingerprint density at radius 1 is 1.08 bits per heavy atom. The Morgan fingerprint density at radius 3 is 2.32 bits per heavy atom. The summed E-state index contributed by atoms with van der Waals surface area (Å²) in [5.74, 6) is 0.514. The van der Waals surface area contributed by atoms with Crippen molar-refractivity contribution in [3.8, 4) is 0 Å². The van der Waals surface area contributed by atoms with E-state index in [-0.39, 0.29) is 23.7 Å². The quantitative estimate of drug-likeness (QED) is 0.718. The molecule has 2 amide bonds. The fourth-order valence-corrected chi connectivity index (χ4v) is 4.12. The third-order valence-corrected chi connectivity index (χ3v) is 5.86. The van der Waals surface area contributed by atoms with Crippen molar-refractivity contribution >= 4 is 11.8 Å². The normalized spacial score (nSPS) is 20.3. The summed E-state index contributed by atoms with van der Waals surface area (Å²) in [7, 11) is 2.22. The molecule has 5 heteroatoms. The van der Waals surface area contributed by atoms with Crippen LogP contribution in [0.25, 0.3) is 0 Å². The van der Waals surface area contributed by atoms with Gasteiger partial charge in [-0.05, 0) is 45.7 Å². The molecule has 0 bridgehead atoms. The van der Waals surface area contributed by atoms with Crippen LogP contribution in [0.2, 0.25) is 0 Å². The van der Waals surface area contributed by atoms with E-state index in [4.69, 9.17) is 0 Å². The topological polar surface area (TPSA) is 52.7 Å². The lowest BCUT2D eigenvalue weighted by Gasteiger charge is -2.32. The molecule has 1 saturated heterocycles. The molecule has 5 nitrogen and oxygen atoms in total. The minimum Gasteiger partial charge on any atom is -0.356 e.